The zero-order valence-electron chi connectivity index (χ0n) is 16.5. The molecular formula is C21H19ClN2O6. The van der Waals surface area contributed by atoms with E-state index in [1.165, 1.54) is 38.5 Å². The lowest BCUT2D eigenvalue weighted by Gasteiger charge is -2.11. The number of amides is 1. The number of hydrogen-bond acceptors (Lipinski definition) is 7. The largest absolute Gasteiger partial charge is 0.513 e. The molecule has 0 spiro atoms. The maximum absolute atomic E-state index is 12.5. The van der Waals surface area contributed by atoms with E-state index in [0.29, 0.717) is 22.0 Å². The fourth-order valence-corrected chi connectivity index (χ4v) is 2.55. The lowest BCUT2D eigenvalue weighted by molar-refractivity contribution is -0.112. The molecule has 0 saturated heterocycles. The second-order valence-corrected chi connectivity index (χ2v) is 6.10. The molecule has 0 aliphatic heterocycles. The van der Waals surface area contributed by atoms with Gasteiger partial charge in [0.15, 0.2) is 11.5 Å². The first-order valence-electron chi connectivity index (χ1n) is 8.71. The van der Waals surface area contributed by atoms with Crippen LogP contribution in [0, 0.1) is 11.3 Å². The summed E-state index contributed by atoms with van der Waals surface area (Å²) < 4.78 is 20.2. The van der Waals surface area contributed by atoms with Gasteiger partial charge in [-0.2, -0.15) is 5.26 Å². The maximum Gasteiger partial charge on any atom is 0.513 e. The van der Waals surface area contributed by atoms with Gasteiger partial charge in [0.05, 0.1) is 26.5 Å². The monoisotopic (exact) mass is 430 g/mol. The highest BCUT2D eigenvalue weighted by Gasteiger charge is 2.15. The van der Waals surface area contributed by atoms with Crippen molar-refractivity contribution in [2.45, 2.75) is 6.92 Å². The average molecular weight is 431 g/mol. The molecule has 9 heteroatoms. The Hall–Kier alpha value is -3.70. The summed E-state index contributed by atoms with van der Waals surface area (Å²) in [4.78, 5) is 24.0. The van der Waals surface area contributed by atoms with Crippen molar-refractivity contribution < 1.29 is 28.5 Å². The summed E-state index contributed by atoms with van der Waals surface area (Å²) in [6.45, 7) is 1.82. The van der Waals surface area contributed by atoms with E-state index in [1.807, 2.05) is 6.07 Å². The van der Waals surface area contributed by atoms with Crippen LogP contribution >= 0.6 is 11.6 Å². The number of methoxy groups -OCH3 is 2. The molecule has 0 heterocycles. The van der Waals surface area contributed by atoms with Crippen LogP contribution in [0.15, 0.2) is 42.0 Å². The lowest BCUT2D eigenvalue weighted by atomic mass is 10.1. The highest BCUT2D eigenvalue weighted by Crippen LogP contribution is 2.30. The average Bonchev–Trinajstić information content (AvgIpc) is 2.73. The number of halogens is 1. The van der Waals surface area contributed by atoms with Gasteiger partial charge in [0.1, 0.15) is 17.4 Å². The van der Waals surface area contributed by atoms with Crippen LogP contribution in [0.2, 0.25) is 5.02 Å². The molecule has 1 amide bonds. The van der Waals surface area contributed by atoms with Crippen LogP contribution in [-0.2, 0) is 9.53 Å². The standard InChI is InChI=1S/C21H19ClN2O6/c1-4-29-21(26)30-18-7-5-13(10-19(18)28-3)9-14(12-23)20(25)24-16-11-15(22)6-8-17(16)27-2/h5-11H,4H2,1-3H3,(H,24,25)/b14-9+. The van der Waals surface area contributed by atoms with Crippen LogP contribution in [0.1, 0.15) is 12.5 Å². The number of ether oxygens (including phenoxy) is 4. The van der Waals surface area contributed by atoms with E-state index in [1.54, 1.807) is 25.1 Å². The topological polar surface area (TPSA) is 107 Å². The quantitative estimate of drug-likeness (QED) is 0.299. The van der Waals surface area contributed by atoms with Crippen molar-refractivity contribution >= 4 is 35.4 Å². The van der Waals surface area contributed by atoms with Gasteiger partial charge >= 0.3 is 6.16 Å². The number of carbonyl (C=O) groups is 2. The minimum absolute atomic E-state index is 0.139. The Balaban J connectivity index is 2.27. The van der Waals surface area contributed by atoms with Crippen LogP contribution in [0.5, 0.6) is 17.2 Å². The van der Waals surface area contributed by atoms with Crippen molar-refractivity contribution in [1.82, 2.24) is 0 Å². The number of benzene rings is 2. The molecule has 30 heavy (non-hydrogen) atoms. The SMILES string of the molecule is CCOC(=O)Oc1ccc(/C=C(\C#N)C(=O)Nc2cc(Cl)ccc2OC)cc1OC. The Morgan fingerprint density at radius 2 is 1.80 bits per heavy atom. The summed E-state index contributed by atoms with van der Waals surface area (Å²) in [7, 11) is 2.84. The zero-order valence-corrected chi connectivity index (χ0v) is 17.3. The molecule has 0 aromatic heterocycles. The number of anilines is 1. The molecule has 0 unspecified atom stereocenters. The zero-order chi connectivity index (χ0) is 22.1. The van der Waals surface area contributed by atoms with E-state index in [9.17, 15) is 14.9 Å². The van der Waals surface area contributed by atoms with Crippen LogP contribution in [0.25, 0.3) is 6.08 Å². The molecule has 0 saturated carbocycles. The van der Waals surface area contributed by atoms with Gasteiger partial charge in [-0.05, 0) is 48.9 Å². The molecule has 0 bridgehead atoms. The Labute approximate surface area is 178 Å². The highest BCUT2D eigenvalue weighted by atomic mass is 35.5. The van der Waals surface area contributed by atoms with Gasteiger partial charge in [-0.3, -0.25) is 4.79 Å². The third-order valence-electron chi connectivity index (χ3n) is 3.73. The fraction of sp³-hybridized carbons (Fsp3) is 0.190. The second kappa shape index (κ2) is 10.7. The molecule has 1 N–H and O–H groups in total. The lowest BCUT2D eigenvalue weighted by Crippen LogP contribution is -2.14. The molecule has 2 aromatic carbocycles. The smallest absolute Gasteiger partial charge is 0.495 e. The number of hydrogen-bond donors (Lipinski definition) is 1. The molecule has 0 atom stereocenters. The fourth-order valence-electron chi connectivity index (χ4n) is 2.38. The molecule has 0 fully saturated rings. The van der Waals surface area contributed by atoms with E-state index in [2.05, 4.69) is 5.32 Å². The summed E-state index contributed by atoms with van der Waals surface area (Å²) in [5, 5.41) is 12.4. The molecule has 2 rings (SSSR count). The molecule has 8 nitrogen and oxygen atoms in total. The summed E-state index contributed by atoms with van der Waals surface area (Å²) in [6.07, 6.45) is 0.495. The van der Waals surface area contributed by atoms with Gasteiger partial charge in [-0.25, -0.2) is 4.79 Å². The van der Waals surface area contributed by atoms with E-state index >= 15 is 0 Å². The van der Waals surface area contributed by atoms with Crippen molar-refractivity contribution in [2.75, 3.05) is 26.1 Å². The predicted octanol–water partition coefficient (Wildman–Crippen LogP) is 4.44. The predicted molar refractivity (Wildman–Crippen MR) is 111 cm³/mol. The maximum atomic E-state index is 12.5. The molecule has 0 aliphatic carbocycles. The van der Waals surface area contributed by atoms with Gasteiger partial charge in [0, 0.05) is 5.02 Å². The number of nitriles is 1. The van der Waals surface area contributed by atoms with Gasteiger partial charge in [0.25, 0.3) is 5.91 Å². The summed E-state index contributed by atoms with van der Waals surface area (Å²) >= 11 is 5.96. The van der Waals surface area contributed by atoms with E-state index in [-0.39, 0.29) is 23.7 Å². The number of rotatable bonds is 7. The first-order chi connectivity index (χ1) is 14.4. The first kappa shape index (κ1) is 22.6. The normalized spacial score (nSPS) is 10.6. The Bertz CT molecular complexity index is 1010. The van der Waals surface area contributed by atoms with Crippen LogP contribution in [0.3, 0.4) is 0 Å². The molecular weight excluding hydrogens is 412 g/mol. The van der Waals surface area contributed by atoms with Gasteiger partial charge < -0.3 is 24.3 Å². The van der Waals surface area contributed by atoms with Crippen LogP contribution < -0.4 is 19.5 Å². The number of carbonyl (C=O) groups excluding carboxylic acids is 2. The van der Waals surface area contributed by atoms with Crippen molar-refractivity contribution in [3.05, 3.63) is 52.6 Å². The summed E-state index contributed by atoms with van der Waals surface area (Å²) in [6, 6.07) is 11.1. The van der Waals surface area contributed by atoms with Crippen LogP contribution in [-0.4, -0.2) is 32.9 Å². The Kier molecular flexibility index (Phi) is 8.08. The third kappa shape index (κ3) is 5.90. The van der Waals surface area contributed by atoms with Crippen molar-refractivity contribution in [3.63, 3.8) is 0 Å². The molecule has 156 valence electrons. The molecule has 0 aliphatic rings. The summed E-state index contributed by atoms with van der Waals surface area (Å²) in [5.74, 6) is 0.113. The van der Waals surface area contributed by atoms with Gasteiger partial charge in [-0.15, -0.1) is 0 Å². The second-order valence-electron chi connectivity index (χ2n) is 5.66. The molecule has 2 aromatic rings. The first-order valence-corrected chi connectivity index (χ1v) is 9.09. The van der Waals surface area contributed by atoms with Crippen molar-refractivity contribution in [1.29, 1.82) is 5.26 Å². The highest BCUT2D eigenvalue weighted by molar-refractivity contribution is 6.31. The minimum atomic E-state index is -0.869. The molecule has 0 radical (unpaired) electrons. The van der Waals surface area contributed by atoms with E-state index in [4.69, 9.17) is 30.5 Å². The van der Waals surface area contributed by atoms with Crippen molar-refractivity contribution in [2.24, 2.45) is 0 Å². The van der Waals surface area contributed by atoms with Crippen molar-refractivity contribution in [3.8, 4) is 23.3 Å². The minimum Gasteiger partial charge on any atom is -0.495 e. The number of nitrogens with one attached hydrogen (secondary N) is 1. The van der Waals surface area contributed by atoms with Gasteiger partial charge in [0.2, 0.25) is 0 Å². The Morgan fingerprint density at radius 1 is 1.10 bits per heavy atom. The van der Waals surface area contributed by atoms with Gasteiger partial charge in [-0.1, -0.05) is 17.7 Å². The van der Waals surface area contributed by atoms with E-state index < -0.39 is 12.1 Å². The van der Waals surface area contributed by atoms with E-state index in [0.717, 1.165) is 0 Å². The van der Waals surface area contributed by atoms with Crippen LogP contribution in [0.4, 0.5) is 10.5 Å². The number of nitrogens with zero attached hydrogens (tertiary/aromatic N) is 1. The summed E-state index contributed by atoms with van der Waals surface area (Å²) in [5.41, 5.74) is 0.637. The Morgan fingerprint density at radius 3 is 2.43 bits per heavy atom. The third-order valence-corrected chi connectivity index (χ3v) is 3.96.